The van der Waals surface area contributed by atoms with Gasteiger partial charge in [0.15, 0.2) is 5.78 Å². The number of ether oxygens (including phenoxy) is 2. The summed E-state index contributed by atoms with van der Waals surface area (Å²) in [5, 5.41) is 0. The van der Waals surface area contributed by atoms with E-state index >= 15 is 0 Å². The third-order valence-corrected chi connectivity index (χ3v) is 2.35. The summed E-state index contributed by atoms with van der Waals surface area (Å²) in [6.45, 7) is 4.30. The van der Waals surface area contributed by atoms with Crippen LogP contribution in [0.25, 0.3) is 0 Å². The van der Waals surface area contributed by atoms with Gasteiger partial charge in [-0.15, -0.1) is 0 Å². The number of rotatable bonds is 5. The molecule has 0 aliphatic rings. The fraction of sp³-hybridized carbons (Fsp3) is 0.286. The zero-order valence-electron chi connectivity index (χ0n) is 10.7. The lowest BCUT2D eigenvalue weighted by Crippen LogP contribution is -2.01. The number of benzene rings is 1. The highest BCUT2D eigenvalue weighted by Crippen LogP contribution is 2.18. The maximum atomic E-state index is 11.8. The van der Waals surface area contributed by atoms with Gasteiger partial charge < -0.3 is 9.47 Å². The minimum absolute atomic E-state index is 0.235. The van der Waals surface area contributed by atoms with Gasteiger partial charge in [0.25, 0.3) is 0 Å². The Morgan fingerprint density at radius 2 is 2.00 bits per heavy atom. The van der Waals surface area contributed by atoms with E-state index in [9.17, 15) is 9.59 Å². The van der Waals surface area contributed by atoms with Crippen molar-refractivity contribution in [1.29, 1.82) is 0 Å². The number of hydrogen-bond acceptors (Lipinski definition) is 4. The Balaban J connectivity index is 2.87. The molecule has 0 atom stereocenters. The molecule has 0 spiro atoms. The second kappa shape index (κ2) is 6.59. The van der Waals surface area contributed by atoms with Crippen molar-refractivity contribution in [2.75, 3.05) is 13.7 Å². The largest absolute Gasteiger partial charge is 0.494 e. The van der Waals surface area contributed by atoms with Crippen LogP contribution in [0, 0.1) is 6.92 Å². The molecule has 4 heteroatoms. The van der Waals surface area contributed by atoms with Crippen LogP contribution in [-0.2, 0) is 9.53 Å². The lowest BCUT2D eigenvalue weighted by atomic mass is 10.0. The molecular formula is C14H16O4. The van der Waals surface area contributed by atoms with E-state index in [0.717, 1.165) is 17.4 Å². The predicted octanol–water partition coefficient (Wildman–Crippen LogP) is 2.31. The third kappa shape index (κ3) is 3.73. The van der Waals surface area contributed by atoms with E-state index in [0.29, 0.717) is 12.2 Å². The first-order valence-corrected chi connectivity index (χ1v) is 5.62. The average Bonchev–Trinajstić information content (AvgIpc) is 2.36. The Morgan fingerprint density at radius 3 is 2.56 bits per heavy atom. The number of allylic oxidation sites excluding steroid dienone is 1. The van der Waals surface area contributed by atoms with Crippen LogP contribution in [0.1, 0.15) is 22.8 Å². The van der Waals surface area contributed by atoms with Gasteiger partial charge in [-0.3, -0.25) is 4.79 Å². The van der Waals surface area contributed by atoms with Crippen molar-refractivity contribution in [3.05, 3.63) is 41.5 Å². The van der Waals surface area contributed by atoms with Gasteiger partial charge in [0, 0.05) is 11.6 Å². The van der Waals surface area contributed by atoms with E-state index in [1.165, 1.54) is 13.2 Å². The van der Waals surface area contributed by atoms with Gasteiger partial charge in [-0.05, 0) is 43.7 Å². The van der Waals surface area contributed by atoms with Crippen molar-refractivity contribution in [2.45, 2.75) is 13.8 Å². The van der Waals surface area contributed by atoms with Crippen molar-refractivity contribution in [1.82, 2.24) is 0 Å². The standard InChI is InChI=1S/C14H16O4/c1-4-18-11-5-6-12(10(2)9-11)13(15)7-8-14(16)17-3/h5-9H,4H2,1-3H3/b8-7+. The van der Waals surface area contributed by atoms with Gasteiger partial charge in [0.1, 0.15) is 5.75 Å². The Hall–Kier alpha value is -2.10. The minimum atomic E-state index is -0.549. The van der Waals surface area contributed by atoms with Crippen molar-refractivity contribution < 1.29 is 19.1 Å². The first kappa shape index (κ1) is 14.0. The molecule has 0 bridgehead atoms. The molecule has 0 heterocycles. The fourth-order valence-corrected chi connectivity index (χ4v) is 1.47. The molecule has 1 rings (SSSR count). The molecule has 0 aliphatic heterocycles. The van der Waals surface area contributed by atoms with Crippen LogP contribution in [0.15, 0.2) is 30.4 Å². The van der Waals surface area contributed by atoms with E-state index < -0.39 is 5.97 Å². The van der Waals surface area contributed by atoms with Crippen LogP contribution >= 0.6 is 0 Å². The molecule has 0 N–H and O–H groups in total. The normalized spacial score (nSPS) is 10.4. The van der Waals surface area contributed by atoms with E-state index in [-0.39, 0.29) is 5.78 Å². The van der Waals surface area contributed by atoms with Crippen LogP contribution < -0.4 is 4.74 Å². The maximum absolute atomic E-state index is 11.8. The van der Waals surface area contributed by atoms with Gasteiger partial charge in [-0.2, -0.15) is 0 Å². The number of carbonyl (C=O) groups excluding carboxylic acids is 2. The highest BCUT2D eigenvalue weighted by molar-refractivity contribution is 6.07. The molecule has 0 fully saturated rings. The van der Waals surface area contributed by atoms with Crippen molar-refractivity contribution in [3.63, 3.8) is 0 Å². The quantitative estimate of drug-likeness (QED) is 0.456. The summed E-state index contributed by atoms with van der Waals surface area (Å²) in [6.07, 6.45) is 2.31. The van der Waals surface area contributed by atoms with Crippen molar-refractivity contribution in [3.8, 4) is 5.75 Å². The summed E-state index contributed by atoms with van der Waals surface area (Å²) in [5.74, 6) is -0.0589. The van der Waals surface area contributed by atoms with Crippen LogP contribution in [0.4, 0.5) is 0 Å². The molecule has 0 aromatic heterocycles. The number of esters is 1. The average molecular weight is 248 g/mol. The molecule has 0 saturated heterocycles. The summed E-state index contributed by atoms with van der Waals surface area (Å²) < 4.78 is 9.75. The third-order valence-electron chi connectivity index (χ3n) is 2.35. The van der Waals surface area contributed by atoms with E-state index in [2.05, 4.69) is 4.74 Å². The smallest absolute Gasteiger partial charge is 0.330 e. The maximum Gasteiger partial charge on any atom is 0.330 e. The summed E-state index contributed by atoms with van der Waals surface area (Å²) in [5.41, 5.74) is 1.35. The zero-order chi connectivity index (χ0) is 13.5. The first-order chi connectivity index (χ1) is 8.58. The molecule has 0 saturated carbocycles. The lowest BCUT2D eigenvalue weighted by molar-refractivity contribution is -0.134. The van der Waals surface area contributed by atoms with E-state index in [4.69, 9.17) is 4.74 Å². The van der Waals surface area contributed by atoms with Crippen LogP contribution in [-0.4, -0.2) is 25.5 Å². The Kier molecular flexibility index (Phi) is 5.11. The number of aryl methyl sites for hydroxylation is 1. The highest BCUT2D eigenvalue weighted by Gasteiger charge is 2.07. The summed E-state index contributed by atoms with van der Waals surface area (Å²) in [7, 11) is 1.26. The van der Waals surface area contributed by atoms with Gasteiger partial charge >= 0.3 is 5.97 Å². The number of ketones is 1. The fourth-order valence-electron chi connectivity index (χ4n) is 1.47. The van der Waals surface area contributed by atoms with Gasteiger partial charge in [-0.1, -0.05) is 0 Å². The zero-order valence-corrected chi connectivity index (χ0v) is 10.7. The van der Waals surface area contributed by atoms with Gasteiger partial charge in [0.2, 0.25) is 0 Å². The summed E-state index contributed by atoms with van der Waals surface area (Å²) >= 11 is 0. The molecule has 0 radical (unpaired) electrons. The van der Waals surface area contributed by atoms with Gasteiger partial charge in [-0.25, -0.2) is 4.79 Å². The lowest BCUT2D eigenvalue weighted by Gasteiger charge is -2.06. The minimum Gasteiger partial charge on any atom is -0.494 e. The molecule has 96 valence electrons. The second-order valence-corrected chi connectivity index (χ2v) is 3.63. The SMILES string of the molecule is CCOc1ccc(C(=O)/C=C/C(=O)OC)c(C)c1. The summed E-state index contributed by atoms with van der Waals surface area (Å²) in [4.78, 5) is 22.7. The molecule has 0 amide bonds. The molecule has 18 heavy (non-hydrogen) atoms. The molecule has 4 nitrogen and oxygen atoms in total. The Morgan fingerprint density at radius 1 is 1.28 bits per heavy atom. The number of hydrogen-bond donors (Lipinski definition) is 0. The second-order valence-electron chi connectivity index (χ2n) is 3.63. The highest BCUT2D eigenvalue weighted by atomic mass is 16.5. The molecule has 0 unspecified atom stereocenters. The topological polar surface area (TPSA) is 52.6 Å². The Labute approximate surface area is 106 Å². The van der Waals surface area contributed by atoms with Crippen LogP contribution in [0.5, 0.6) is 5.75 Å². The predicted molar refractivity (Wildman–Crippen MR) is 67.8 cm³/mol. The van der Waals surface area contributed by atoms with Crippen LogP contribution in [0.2, 0.25) is 0 Å². The van der Waals surface area contributed by atoms with Crippen molar-refractivity contribution >= 4 is 11.8 Å². The molecular weight excluding hydrogens is 232 g/mol. The van der Waals surface area contributed by atoms with Crippen molar-refractivity contribution in [2.24, 2.45) is 0 Å². The van der Waals surface area contributed by atoms with E-state index in [1.807, 2.05) is 13.8 Å². The molecule has 0 aliphatic carbocycles. The van der Waals surface area contributed by atoms with Crippen LogP contribution in [0.3, 0.4) is 0 Å². The first-order valence-electron chi connectivity index (χ1n) is 5.62. The molecule has 1 aromatic carbocycles. The van der Waals surface area contributed by atoms with E-state index in [1.54, 1.807) is 18.2 Å². The summed E-state index contributed by atoms with van der Waals surface area (Å²) in [6, 6.07) is 5.21. The monoisotopic (exact) mass is 248 g/mol. The Bertz CT molecular complexity index is 475. The molecule has 1 aromatic rings. The number of carbonyl (C=O) groups is 2. The van der Waals surface area contributed by atoms with Gasteiger partial charge in [0.05, 0.1) is 13.7 Å². The number of methoxy groups -OCH3 is 1.